The standard InChI is InChI=1S/C4H4N2S.ClH/c7-4-5-2-1-3-6-4;/h1-3H,(H,5,6,7);1H/p-1. The summed E-state index contributed by atoms with van der Waals surface area (Å²) < 4.78 is 0.530. The van der Waals surface area contributed by atoms with Crippen LogP contribution in [-0.2, 0) is 0 Å². The van der Waals surface area contributed by atoms with Crippen LogP contribution in [0.1, 0.15) is 0 Å². The maximum absolute atomic E-state index is 4.65. The number of halogens is 1. The highest BCUT2D eigenvalue weighted by atomic mass is 35.5. The molecule has 0 aromatic carbocycles. The van der Waals surface area contributed by atoms with Gasteiger partial charge in [0, 0.05) is 12.4 Å². The summed E-state index contributed by atoms with van der Waals surface area (Å²) in [6.07, 6.45) is 3.40. The van der Waals surface area contributed by atoms with Crippen molar-refractivity contribution in [3.8, 4) is 0 Å². The van der Waals surface area contributed by atoms with E-state index >= 15 is 0 Å². The number of H-pyrrole nitrogens is 1. The molecule has 0 aliphatic rings. The molecule has 0 unspecified atom stereocenters. The fraction of sp³-hybridized carbons (Fsp3) is 0. The van der Waals surface area contributed by atoms with Crippen molar-refractivity contribution < 1.29 is 12.4 Å². The van der Waals surface area contributed by atoms with Gasteiger partial charge in [0.2, 0.25) is 0 Å². The van der Waals surface area contributed by atoms with Gasteiger partial charge in [0.1, 0.15) is 0 Å². The Labute approximate surface area is 58.4 Å². The first-order chi connectivity index (χ1) is 3.39. The first-order valence-corrected chi connectivity index (χ1v) is 2.30. The van der Waals surface area contributed by atoms with E-state index in [9.17, 15) is 0 Å². The minimum Gasteiger partial charge on any atom is -1.00 e. The number of rotatable bonds is 0. The lowest BCUT2D eigenvalue weighted by Gasteiger charge is -1.75. The van der Waals surface area contributed by atoms with E-state index < -0.39 is 0 Å². The van der Waals surface area contributed by atoms with Gasteiger partial charge in [-0.15, -0.1) is 0 Å². The van der Waals surface area contributed by atoms with Gasteiger partial charge in [0.05, 0.1) is 0 Å². The van der Waals surface area contributed by atoms with Crippen LogP contribution in [-0.4, -0.2) is 9.97 Å². The lowest BCUT2D eigenvalue weighted by molar-refractivity contribution is -0.00000148. The molecule has 0 saturated carbocycles. The third kappa shape index (κ3) is 2.04. The van der Waals surface area contributed by atoms with Crippen LogP contribution in [0.4, 0.5) is 0 Å². The molecular formula is C4H4ClN2S-. The van der Waals surface area contributed by atoms with Gasteiger partial charge in [-0.1, -0.05) is 0 Å². The summed E-state index contributed by atoms with van der Waals surface area (Å²) in [4.78, 5) is 6.47. The van der Waals surface area contributed by atoms with E-state index in [4.69, 9.17) is 0 Å². The van der Waals surface area contributed by atoms with E-state index in [1.165, 1.54) is 0 Å². The average molecular weight is 148 g/mol. The number of hydrogen-bond acceptors (Lipinski definition) is 2. The molecule has 1 rings (SSSR count). The molecule has 0 radical (unpaired) electrons. The Balaban J connectivity index is 0.000000490. The zero-order chi connectivity index (χ0) is 5.11. The maximum atomic E-state index is 4.65. The van der Waals surface area contributed by atoms with Crippen molar-refractivity contribution in [3.63, 3.8) is 0 Å². The molecule has 0 fully saturated rings. The average Bonchev–Trinajstić information content (AvgIpc) is 1.69. The quantitative estimate of drug-likeness (QED) is 0.437. The largest absolute Gasteiger partial charge is 1.00 e. The van der Waals surface area contributed by atoms with E-state index in [1.807, 2.05) is 0 Å². The van der Waals surface area contributed by atoms with Gasteiger partial charge in [-0.05, 0) is 18.3 Å². The van der Waals surface area contributed by atoms with Gasteiger partial charge in [-0.25, -0.2) is 4.98 Å². The zero-order valence-electron chi connectivity index (χ0n) is 3.97. The van der Waals surface area contributed by atoms with Gasteiger partial charge < -0.3 is 17.4 Å². The fourth-order valence-electron chi connectivity index (χ4n) is 0.310. The molecule has 8 heavy (non-hydrogen) atoms. The SMILES string of the molecule is S=c1nccc[nH]1.[Cl-]. The van der Waals surface area contributed by atoms with Crippen LogP contribution in [0.2, 0.25) is 0 Å². The van der Waals surface area contributed by atoms with Crippen LogP contribution in [0.3, 0.4) is 0 Å². The van der Waals surface area contributed by atoms with E-state index in [2.05, 4.69) is 22.2 Å². The number of nitrogens with zero attached hydrogens (tertiary/aromatic N) is 1. The monoisotopic (exact) mass is 147 g/mol. The summed E-state index contributed by atoms with van der Waals surface area (Å²) >= 11 is 4.65. The van der Waals surface area contributed by atoms with Gasteiger partial charge in [0.15, 0.2) is 4.77 Å². The lowest BCUT2D eigenvalue weighted by Crippen LogP contribution is -3.00. The molecule has 0 atom stereocenters. The van der Waals surface area contributed by atoms with Crippen molar-refractivity contribution >= 4 is 12.2 Å². The van der Waals surface area contributed by atoms with Crippen LogP contribution in [0.15, 0.2) is 18.5 Å². The van der Waals surface area contributed by atoms with Crippen LogP contribution < -0.4 is 12.4 Å². The second-order valence-corrected chi connectivity index (χ2v) is 1.47. The van der Waals surface area contributed by atoms with Crippen molar-refractivity contribution in [1.29, 1.82) is 0 Å². The van der Waals surface area contributed by atoms with Crippen molar-refractivity contribution in [2.45, 2.75) is 0 Å². The Morgan fingerprint density at radius 1 is 1.62 bits per heavy atom. The van der Waals surface area contributed by atoms with Crippen molar-refractivity contribution in [2.24, 2.45) is 0 Å². The summed E-state index contributed by atoms with van der Waals surface area (Å²) in [7, 11) is 0. The maximum Gasteiger partial charge on any atom is 0.196 e. The number of nitrogens with one attached hydrogen (secondary N) is 1. The second kappa shape index (κ2) is 3.57. The second-order valence-electron chi connectivity index (χ2n) is 1.09. The van der Waals surface area contributed by atoms with Gasteiger partial charge >= 0.3 is 0 Å². The van der Waals surface area contributed by atoms with Crippen LogP contribution >= 0.6 is 12.2 Å². The molecule has 1 aromatic rings. The van der Waals surface area contributed by atoms with Crippen molar-refractivity contribution in [1.82, 2.24) is 9.97 Å². The topological polar surface area (TPSA) is 28.7 Å². The molecule has 1 heterocycles. The molecule has 0 bridgehead atoms. The Morgan fingerprint density at radius 3 is 2.62 bits per heavy atom. The predicted octanol–water partition coefficient (Wildman–Crippen LogP) is -1.86. The smallest absolute Gasteiger partial charge is 0.196 e. The fourth-order valence-corrected chi connectivity index (χ4v) is 0.439. The Bertz CT molecular complexity index is 180. The number of hydrogen-bond donors (Lipinski definition) is 1. The molecule has 0 saturated heterocycles. The number of aromatic nitrogens is 2. The summed E-state index contributed by atoms with van der Waals surface area (Å²) in [5.74, 6) is 0. The van der Waals surface area contributed by atoms with E-state index in [0.29, 0.717) is 4.77 Å². The molecule has 0 aliphatic heterocycles. The minimum atomic E-state index is 0. The highest BCUT2D eigenvalue weighted by Crippen LogP contribution is 1.73. The molecule has 0 spiro atoms. The van der Waals surface area contributed by atoms with E-state index in [1.54, 1.807) is 18.5 Å². The molecule has 4 heteroatoms. The first-order valence-electron chi connectivity index (χ1n) is 1.89. The number of aromatic amines is 1. The van der Waals surface area contributed by atoms with Crippen molar-refractivity contribution in [3.05, 3.63) is 23.2 Å². The van der Waals surface area contributed by atoms with Gasteiger partial charge in [-0.2, -0.15) is 0 Å². The highest BCUT2D eigenvalue weighted by Gasteiger charge is 1.66. The summed E-state index contributed by atoms with van der Waals surface area (Å²) in [6, 6.07) is 1.79. The molecule has 1 aromatic heterocycles. The van der Waals surface area contributed by atoms with E-state index in [0.717, 1.165) is 0 Å². The lowest BCUT2D eigenvalue weighted by atomic mass is 10.7. The Kier molecular flexibility index (Phi) is 3.39. The normalized spacial score (nSPS) is 7.50. The minimum absolute atomic E-state index is 0. The molecular weight excluding hydrogens is 144 g/mol. The summed E-state index contributed by atoms with van der Waals surface area (Å²) in [5, 5.41) is 0. The van der Waals surface area contributed by atoms with Crippen molar-refractivity contribution in [2.75, 3.05) is 0 Å². The predicted molar refractivity (Wildman–Crippen MR) is 29.4 cm³/mol. The molecule has 1 N–H and O–H groups in total. The Morgan fingerprint density at radius 2 is 2.38 bits per heavy atom. The first kappa shape index (κ1) is 7.59. The highest BCUT2D eigenvalue weighted by molar-refractivity contribution is 7.71. The van der Waals surface area contributed by atoms with E-state index in [-0.39, 0.29) is 12.4 Å². The molecule has 0 aliphatic carbocycles. The Hall–Kier alpha value is -0.410. The molecule has 2 nitrogen and oxygen atoms in total. The molecule has 44 valence electrons. The van der Waals surface area contributed by atoms with Crippen LogP contribution in [0.25, 0.3) is 0 Å². The van der Waals surface area contributed by atoms with Crippen LogP contribution in [0.5, 0.6) is 0 Å². The van der Waals surface area contributed by atoms with Gasteiger partial charge in [-0.3, -0.25) is 0 Å². The third-order valence-corrected chi connectivity index (χ3v) is 0.804. The van der Waals surface area contributed by atoms with Crippen LogP contribution in [0, 0.1) is 4.77 Å². The summed E-state index contributed by atoms with van der Waals surface area (Å²) in [5.41, 5.74) is 0. The molecule has 0 amide bonds. The summed E-state index contributed by atoms with van der Waals surface area (Å²) in [6.45, 7) is 0. The van der Waals surface area contributed by atoms with Gasteiger partial charge in [0.25, 0.3) is 0 Å². The zero-order valence-corrected chi connectivity index (χ0v) is 5.54. The third-order valence-electron chi connectivity index (χ3n) is 0.581.